The largest absolute Gasteiger partial charge is 0.461 e. The molecule has 0 spiro atoms. The van der Waals surface area contributed by atoms with Crippen molar-refractivity contribution in [1.29, 1.82) is 0 Å². The number of aromatic nitrogens is 1. The highest BCUT2D eigenvalue weighted by Crippen LogP contribution is 2.01. The standard InChI is InChI=1S/C12H18NO2/c1-5-15-12(14)8-13-10(3)6-9(2)7-11(13)4/h6-7H,5,8H2,1-4H3/q+1. The molecule has 0 bridgehead atoms. The highest BCUT2D eigenvalue weighted by atomic mass is 16.5. The zero-order valence-electron chi connectivity index (χ0n) is 9.83. The number of ether oxygens (including phenoxy) is 1. The second-order valence-corrected chi connectivity index (χ2v) is 3.71. The van der Waals surface area contributed by atoms with Crippen LogP contribution < -0.4 is 4.57 Å². The van der Waals surface area contributed by atoms with Crippen LogP contribution in [-0.4, -0.2) is 12.6 Å². The van der Waals surface area contributed by atoms with Gasteiger partial charge >= 0.3 is 5.97 Å². The Morgan fingerprint density at radius 2 is 1.80 bits per heavy atom. The Morgan fingerprint density at radius 1 is 1.27 bits per heavy atom. The lowest BCUT2D eigenvalue weighted by molar-refractivity contribution is -0.697. The number of pyridine rings is 1. The molecule has 0 aliphatic carbocycles. The summed E-state index contributed by atoms with van der Waals surface area (Å²) in [4.78, 5) is 11.4. The maximum Gasteiger partial charge on any atom is 0.372 e. The summed E-state index contributed by atoms with van der Waals surface area (Å²) in [7, 11) is 0. The van der Waals surface area contributed by atoms with Gasteiger partial charge in [0.2, 0.25) is 6.54 Å². The first kappa shape index (κ1) is 11.7. The van der Waals surface area contributed by atoms with Crippen molar-refractivity contribution < 1.29 is 14.1 Å². The minimum Gasteiger partial charge on any atom is -0.461 e. The smallest absolute Gasteiger partial charge is 0.372 e. The Balaban J connectivity index is 2.90. The molecule has 3 nitrogen and oxygen atoms in total. The molecule has 0 amide bonds. The van der Waals surface area contributed by atoms with Crippen LogP contribution in [0.2, 0.25) is 0 Å². The first-order valence-electron chi connectivity index (χ1n) is 5.18. The molecule has 1 aromatic heterocycles. The van der Waals surface area contributed by atoms with Crippen LogP contribution in [0, 0.1) is 20.8 Å². The first-order valence-corrected chi connectivity index (χ1v) is 5.18. The van der Waals surface area contributed by atoms with Crippen LogP contribution in [0.5, 0.6) is 0 Å². The van der Waals surface area contributed by atoms with Crippen molar-refractivity contribution in [3.8, 4) is 0 Å². The number of esters is 1. The van der Waals surface area contributed by atoms with Gasteiger partial charge in [-0.1, -0.05) is 0 Å². The number of carbonyl (C=O) groups is 1. The maximum absolute atomic E-state index is 11.4. The number of hydrogen-bond donors (Lipinski definition) is 0. The van der Waals surface area contributed by atoms with Crippen LogP contribution in [0.15, 0.2) is 12.1 Å². The van der Waals surface area contributed by atoms with Gasteiger partial charge in [0.1, 0.15) is 0 Å². The van der Waals surface area contributed by atoms with Gasteiger partial charge in [-0.3, -0.25) is 0 Å². The fourth-order valence-electron chi connectivity index (χ4n) is 1.72. The minimum atomic E-state index is -0.183. The fourth-order valence-corrected chi connectivity index (χ4v) is 1.72. The van der Waals surface area contributed by atoms with Gasteiger partial charge in [0, 0.05) is 26.0 Å². The molecular weight excluding hydrogens is 190 g/mol. The van der Waals surface area contributed by atoms with Crippen LogP contribution >= 0.6 is 0 Å². The van der Waals surface area contributed by atoms with E-state index in [1.54, 1.807) is 0 Å². The monoisotopic (exact) mass is 208 g/mol. The van der Waals surface area contributed by atoms with Crippen molar-refractivity contribution in [3.05, 3.63) is 29.1 Å². The lowest BCUT2D eigenvalue weighted by Gasteiger charge is -2.04. The highest BCUT2D eigenvalue weighted by molar-refractivity contribution is 5.67. The van der Waals surface area contributed by atoms with Gasteiger partial charge in [-0.2, -0.15) is 4.57 Å². The van der Waals surface area contributed by atoms with Gasteiger partial charge in [-0.15, -0.1) is 0 Å². The summed E-state index contributed by atoms with van der Waals surface area (Å²) in [6, 6.07) is 4.12. The molecule has 0 radical (unpaired) electrons. The van der Waals surface area contributed by atoms with Crippen molar-refractivity contribution in [3.63, 3.8) is 0 Å². The van der Waals surface area contributed by atoms with Crippen LogP contribution in [0.3, 0.4) is 0 Å². The molecule has 1 heterocycles. The Bertz CT molecular complexity index is 349. The Morgan fingerprint density at radius 3 is 2.27 bits per heavy atom. The summed E-state index contributed by atoms with van der Waals surface area (Å²) in [6.07, 6.45) is 0. The lowest BCUT2D eigenvalue weighted by Crippen LogP contribution is -2.44. The Hall–Kier alpha value is -1.38. The predicted molar refractivity (Wildman–Crippen MR) is 57.5 cm³/mol. The van der Waals surface area contributed by atoms with Crippen LogP contribution in [-0.2, 0) is 16.1 Å². The van der Waals surface area contributed by atoms with E-state index in [0.29, 0.717) is 13.2 Å². The van der Waals surface area contributed by atoms with Gasteiger partial charge in [0.15, 0.2) is 11.4 Å². The zero-order valence-corrected chi connectivity index (χ0v) is 9.83. The first-order chi connectivity index (χ1) is 7.04. The summed E-state index contributed by atoms with van der Waals surface area (Å²) in [5, 5.41) is 0. The van der Waals surface area contributed by atoms with Gasteiger partial charge < -0.3 is 4.74 Å². The van der Waals surface area contributed by atoms with Gasteiger partial charge in [-0.05, 0) is 19.4 Å². The SMILES string of the molecule is CCOC(=O)C[n+]1c(C)cc(C)cc1C. The predicted octanol–water partition coefficient (Wildman–Crippen LogP) is 1.46. The summed E-state index contributed by atoms with van der Waals surface area (Å²) in [6.45, 7) is 8.60. The van der Waals surface area contributed by atoms with Gasteiger partial charge in [0.25, 0.3) is 0 Å². The van der Waals surface area contributed by atoms with Crippen molar-refractivity contribution in [1.82, 2.24) is 0 Å². The number of carbonyl (C=O) groups excluding carboxylic acids is 1. The molecular formula is C12H18NO2+. The Kier molecular flexibility index (Phi) is 3.83. The summed E-state index contributed by atoms with van der Waals surface area (Å²) in [5.41, 5.74) is 3.38. The van der Waals surface area contributed by atoms with Crippen LogP contribution in [0.1, 0.15) is 23.9 Å². The van der Waals surface area contributed by atoms with E-state index >= 15 is 0 Å². The number of rotatable bonds is 3. The van der Waals surface area contributed by atoms with E-state index in [9.17, 15) is 4.79 Å². The molecule has 0 saturated heterocycles. The molecule has 82 valence electrons. The second-order valence-electron chi connectivity index (χ2n) is 3.71. The number of hydrogen-bond acceptors (Lipinski definition) is 2. The minimum absolute atomic E-state index is 0.183. The molecule has 0 aliphatic rings. The average molecular weight is 208 g/mol. The van der Waals surface area contributed by atoms with Gasteiger partial charge in [0.05, 0.1) is 6.61 Å². The third kappa shape index (κ3) is 3.05. The van der Waals surface area contributed by atoms with E-state index in [-0.39, 0.29) is 5.97 Å². The normalized spacial score (nSPS) is 10.1. The average Bonchev–Trinajstić information content (AvgIpc) is 2.11. The molecule has 15 heavy (non-hydrogen) atoms. The molecule has 0 N–H and O–H groups in total. The van der Waals surface area contributed by atoms with Crippen molar-refractivity contribution in [2.75, 3.05) is 6.61 Å². The number of aryl methyl sites for hydroxylation is 3. The fraction of sp³-hybridized carbons (Fsp3) is 0.500. The molecule has 3 heteroatoms. The third-order valence-corrected chi connectivity index (χ3v) is 2.32. The second kappa shape index (κ2) is 4.91. The Labute approximate surface area is 90.7 Å². The maximum atomic E-state index is 11.4. The molecule has 1 rings (SSSR count). The molecule has 0 aliphatic heterocycles. The molecule has 0 unspecified atom stereocenters. The van der Waals surface area contributed by atoms with E-state index in [4.69, 9.17) is 4.74 Å². The third-order valence-electron chi connectivity index (χ3n) is 2.32. The molecule has 0 saturated carbocycles. The quantitative estimate of drug-likeness (QED) is 0.556. The van der Waals surface area contributed by atoms with E-state index in [1.807, 2.05) is 25.3 Å². The number of nitrogens with zero attached hydrogens (tertiary/aromatic N) is 1. The van der Waals surface area contributed by atoms with Crippen molar-refractivity contribution in [2.24, 2.45) is 0 Å². The van der Waals surface area contributed by atoms with Crippen molar-refractivity contribution in [2.45, 2.75) is 34.2 Å². The van der Waals surface area contributed by atoms with E-state index in [2.05, 4.69) is 19.1 Å². The van der Waals surface area contributed by atoms with E-state index in [0.717, 1.165) is 11.4 Å². The van der Waals surface area contributed by atoms with E-state index in [1.165, 1.54) is 5.56 Å². The lowest BCUT2D eigenvalue weighted by atomic mass is 10.2. The van der Waals surface area contributed by atoms with Crippen molar-refractivity contribution >= 4 is 5.97 Å². The van der Waals surface area contributed by atoms with Crippen LogP contribution in [0.25, 0.3) is 0 Å². The highest BCUT2D eigenvalue weighted by Gasteiger charge is 2.16. The summed E-state index contributed by atoms with van der Waals surface area (Å²) in [5.74, 6) is -0.183. The molecule has 0 aromatic carbocycles. The summed E-state index contributed by atoms with van der Waals surface area (Å²) >= 11 is 0. The molecule has 0 atom stereocenters. The zero-order chi connectivity index (χ0) is 11.4. The van der Waals surface area contributed by atoms with Gasteiger partial charge in [-0.25, -0.2) is 4.79 Å². The molecule has 1 aromatic rings. The molecule has 0 fully saturated rings. The summed E-state index contributed by atoms with van der Waals surface area (Å²) < 4.78 is 6.89. The van der Waals surface area contributed by atoms with E-state index < -0.39 is 0 Å². The van der Waals surface area contributed by atoms with Crippen LogP contribution in [0.4, 0.5) is 0 Å². The topological polar surface area (TPSA) is 30.2 Å².